The van der Waals surface area contributed by atoms with Gasteiger partial charge in [0.2, 0.25) is 5.89 Å². The van der Waals surface area contributed by atoms with Gasteiger partial charge in [-0.1, -0.05) is 0 Å². The monoisotopic (exact) mass is 260 g/mol. The SMILES string of the molecule is CC(OCc1nc2ccc(N)cc2o1)C(F)(F)F. The number of anilines is 1. The van der Waals surface area contributed by atoms with Gasteiger partial charge in [-0.3, -0.25) is 0 Å². The van der Waals surface area contributed by atoms with Crippen molar-refractivity contribution in [3.05, 3.63) is 24.1 Å². The number of fused-ring (bicyclic) bond motifs is 1. The summed E-state index contributed by atoms with van der Waals surface area (Å²) in [6.07, 6.45) is -6.26. The molecule has 1 unspecified atom stereocenters. The second kappa shape index (κ2) is 4.49. The van der Waals surface area contributed by atoms with Crippen LogP contribution in [0.15, 0.2) is 22.6 Å². The number of alkyl halides is 3. The fourth-order valence-electron chi connectivity index (χ4n) is 1.34. The summed E-state index contributed by atoms with van der Waals surface area (Å²) in [5.74, 6) is 0.0895. The number of benzene rings is 1. The average Bonchev–Trinajstić information content (AvgIpc) is 2.66. The first-order valence-electron chi connectivity index (χ1n) is 5.19. The number of rotatable bonds is 3. The minimum absolute atomic E-state index is 0.0895. The van der Waals surface area contributed by atoms with Gasteiger partial charge in [0.05, 0.1) is 0 Å². The summed E-state index contributed by atoms with van der Waals surface area (Å²) in [4.78, 5) is 3.99. The number of nitrogens with two attached hydrogens (primary N) is 1. The summed E-state index contributed by atoms with van der Waals surface area (Å²) < 4.78 is 46.5. The smallest absolute Gasteiger partial charge is 0.414 e. The molecule has 0 aliphatic rings. The van der Waals surface area contributed by atoms with Crippen LogP contribution in [0.3, 0.4) is 0 Å². The molecule has 2 rings (SSSR count). The van der Waals surface area contributed by atoms with Gasteiger partial charge in [-0.25, -0.2) is 4.98 Å². The molecule has 1 aromatic heterocycles. The number of oxazole rings is 1. The topological polar surface area (TPSA) is 61.3 Å². The molecular formula is C11H11F3N2O2. The maximum Gasteiger partial charge on any atom is 0.414 e. The fourth-order valence-corrected chi connectivity index (χ4v) is 1.34. The fraction of sp³-hybridized carbons (Fsp3) is 0.364. The van der Waals surface area contributed by atoms with Crippen LogP contribution in [0.1, 0.15) is 12.8 Å². The maximum absolute atomic E-state index is 12.2. The lowest BCUT2D eigenvalue weighted by Gasteiger charge is -2.14. The maximum atomic E-state index is 12.2. The minimum atomic E-state index is -4.39. The van der Waals surface area contributed by atoms with E-state index in [9.17, 15) is 13.2 Å². The number of halogens is 3. The lowest BCUT2D eigenvalue weighted by molar-refractivity contribution is -0.218. The molecule has 7 heteroatoms. The van der Waals surface area contributed by atoms with Crippen LogP contribution in [0, 0.1) is 0 Å². The largest absolute Gasteiger partial charge is 0.438 e. The van der Waals surface area contributed by atoms with Gasteiger partial charge < -0.3 is 14.9 Å². The molecule has 0 fully saturated rings. The van der Waals surface area contributed by atoms with Crippen LogP contribution >= 0.6 is 0 Å². The predicted octanol–water partition coefficient (Wildman–Crippen LogP) is 2.88. The van der Waals surface area contributed by atoms with Crippen molar-refractivity contribution >= 4 is 16.8 Å². The van der Waals surface area contributed by atoms with Crippen LogP contribution in [0.5, 0.6) is 0 Å². The van der Waals surface area contributed by atoms with E-state index in [4.69, 9.17) is 10.2 Å². The molecule has 0 saturated carbocycles. The van der Waals surface area contributed by atoms with E-state index >= 15 is 0 Å². The Balaban J connectivity index is 2.09. The van der Waals surface area contributed by atoms with Crippen LogP contribution < -0.4 is 5.73 Å². The third-order valence-corrected chi connectivity index (χ3v) is 2.37. The molecule has 98 valence electrons. The van der Waals surface area contributed by atoms with Gasteiger partial charge in [-0.05, 0) is 19.1 Å². The lowest BCUT2D eigenvalue weighted by atomic mass is 10.3. The van der Waals surface area contributed by atoms with Crippen molar-refractivity contribution in [1.29, 1.82) is 0 Å². The molecule has 4 nitrogen and oxygen atoms in total. The summed E-state index contributed by atoms with van der Waals surface area (Å²) in [5, 5.41) is 0. The predicted molar refractivity (Wildman–Crippen MR) is 58.7 cm³/mol. The molecule has 0 amide bonds. The van der Waals surface area contributed by atoms with Crippen LogP contribution in [-0.2, 0) is 11.3 Å². The van der Waals surface area contributed by atoms with Gasteiger partial charge in [0.25, 0.3) is 0 Å². The third-order valence-electron chi connectivity index (χ3n) is 2.37. The lowest BCUT2D eigenvalue weighted by Crippen LogP contribution is -2.28. The zero-order valence-corrected chi connectivity index (χ0v) is 9.49. The van der Waals surface area contributed by atoms with Crippen molar-refractivity contribution in [3.63, 3.8) is 0 Å². The Morgan fingerprint density at radius 1 is 1.44 bits per heavy atom. The van der Waals surface area contributed by atoms with Gasteiger partial charge in [0.15, 0.2) is 11.7 Å². The van der Waals surface area contributed by atoms with Gasteiger partial charge >= 0.3 is 6.18 Å². The van der Waals surface area contributed by atoms with E-state index in [-0.39, 0.29) is 12.5 Å². The quantitative estimate of drug-likeness (QED) is 0.862. The molecular weight excluding hydrogens is 249 g/mol. The highest BCUT2D eigenvalue weighted by molar-refractivity contribution is 5.76. The third kappa shape index (κ3) is 2.73. The highest BCUT2D eigenvalue weighted by Gasteiger charge is 2.37. The van der Waals surface area contributed by atoms with Crippen LogP contribution in [0.25, 0.3) is 11.1 Å². The second-order valence-electron chi connectivity index (χ2n) is 3.83. The highest BCUT2D eigenvalue weighted by Crippen LogP contribution is 2.24. The van der Waals surface area contributed by atoms with E-state index in [0.29, 0.717) is 16.8 Å². The Hall–Kier alpha value is -1.76. The number of nitrogens with zero attached hydrogens (tertiary/aromatic N) is 1. The normalized spacial score (nSPS) is 14.0. The van der Waals surface area contributed by atoms with E-state index in [1.54, 1.807) is 18.2 Å². The molecule has 0 aliphatic carbocycles. The van der Waals surface area contributed by atoms with E-state index < -0.39 is 12.3 Å². The number of ether oxygens (including phenoxy) is 1. The summed E-state index contributed by atoms with van der Waals surface area (Å²) in [6, 6.07) is 4.82. The average molecular weight is 260 g/mol. The van der Waals surface area contributed by atoms with Gasteiger partial charge in [-0.2, -0.15) is 13.2 Å². The Kier molecular flexibility index (Phi) is 3.16. The van der Waals surface area contributed by atoms with Crippen molar-refractivity contribution in [2.45, 2.75) is 25.8 Å². The first-order valence-corrected chi connectivity index (χ1v) is 5.19. The summed E-state index contributed by atoms with van der Waals surface area (Å²) in [6.45, 7) is 0.593. The summed E-state index contributed by atoms with van der Waals surface area (Å²) >= 11 is 0. The number of nitrogen functional groups attached to an aromatic ring is 1. The van der Waals surface area contributed by atoms with Crippen molar-refractivity contribution in [2.24, 2.45) is 0 Å². The van der Waals surface area contributed by atoms with Crippen LogP contribution in [0.2, 0.25) is 0 Å². The molecule has 1 aromatic carbocycles. The van der Waals surface area contributed by atoms with Crippen LogP contribution in [-0.4, -0.2) is 17.3 Å². The van der Waals surface area contributed by atoms with Crippen molar-refractivity contribution in [2.75, 3.05) is 5.73 Å². The molecule has 1 heterocycles. The van der Waals surface area contributed by atoms with Gasteiger partial charge in [0.1, 0.15) is 12.1 Å². The zero-order valence-electron chi connectivity index (χ0n) is 9.49. The molecule has 0 saturated heterocycles. The zero-order chi connectivity index (χ0) is 13.3. The van der Waals surface area contributed by atoms with E-state index in [2.05, 4.69) is 9.72 Å². The van der Waals surface area contributed by atoms with Crippen LogP contribution in [0.4, 0.5) is 18.9 Å². The molecule has 2 N–H and O–H groups in total. The number of aromatic nitrogens is 1. The van der Waals surface area contributed by atoms with Gasteiger partial charge in [-0.15, -0.1) is 0 Å². The molecule has 1 atom stereocenters. The minimum Gasteiger partial charge on any atom is -0.438 e. The Bertz CT molecular complexity index is 551. The molecule has 0 radical (unpaired) electrons. The Morgan fingerprint density at radius 2 is 2.17 bits per heavy atom. The van der Waals surface area contributed by atoms with Gasteiger partial charge in [0, 0.05) is 11.8 Å². The Morgan fingerprint density at radius 3 is 2.83 bits per heavy atom. The number of hydrogen-bond donors (Lipinski definition) is 1. The molecule has 0 aliphatic heterocycles. The number of hydrogen-bond acceptors (Lipinski definition) is 4. The summed E-state index contributed by atoms with van der Waals surface area (Å²) in [5.41, 5.74) is 6.99. The second-order valence-corrected chi connectivity index (χ2v) is 3.83. The van der Waals surface area contributed by atoms with E-state index in [1.165, 1.54) is 0 Å². The molecule has 0 spiro atoms. The molecule has 18 heavy (non-hydrogen) atoms. The Labute approximate surface area is 101 Å². The van der Waals surface area contributed by atoms with Crippen molar-refractivity contribution in [1.82, 2.24) is 4.98 Å². The van der Waals surface area contributed by atoms with E-state index in [1.807, 2.05) is 0 Å². The summed E-state index contributed by atoms with van der Waals surface area (Å²) in [7, 11) is 0. The van der Waals surface area contributed by atoms with E-state index in [0.717, 1.165) is 6.92 Å². The highest BCUT2D eigenvalue weighted by atomic mass is 19.4. The molecule has 2 aromatic rings. The molecule has 0 bridgehead atoms. The van der Waals surface area contributed by atoms with Crippen molar-refractivity contribution < 1.29 is 22.3 Å². The first kappa shape index (κ1) is 12.7. The first-order chi connectivity index (χ1) is 8.36. The standard InChI is InChI=1S/C11H11F3N2O2/c1-6(11(12,13)14)17-5-10-16-8-3-2-7(15)4-9(8)18-10/h2-4,6H,5,15H2,1H3. The van der Waals surface area contributed by atoms with Crippen molar-refractivity contribution in [3.8, 4) is 0 Å².